The van der Waals surface area contributed by atoms with Gasteiger partial charge in [0.2, 0.25) is 0 Å². The molecule has 0 radical (unpaired) electrons. The average molecular weight is 602 g/mol. The Balaban J connectivity index is 0.00000176. The van der Waals surface area contributed by atoms with Crippen LogP contribution in [0.4, 0.5) is 0 Å². The Kier molecular flexibility index (Phi) is 8.22. The van der Waals surface area contributed by atoms with Gasteiger partial charge in [-0.3, -0.25) is 0 Å². The fourth-order valence-electron chi connectivity index (χ4n) is 2.61. The maximum Gasteiger partial charge on any atom is 0.281 e. The summed E-state index contributed by atoms with van der Waals surface area (Å²) >= 11 is 4.24. The van der Waals surface area contributed by atoms with E-state index in [4.69, 9.17) is 14.4 Å². The molecular weight excluding hydrogens is 574 g/mol. The molecule has 0 spiro atoms. The van der Waals surface area contributed by atoms with Gasteiger partial charge in [0.25, 0.3) is 5.90 Å². The van der Waals surface area contributed by atoms with E-state index >= 15 is 0 Å². The summed E-state index contributed by atoms with van der Waals surface area (Å²) in [5, 5.41) is 19.0. The molecule has 1 aromatic carbocycles. The highest BCUT2D eigenvalue weighted by atomic mass is 128. The van der Waals surface area contributed by atoms with Crippen LogP contribution in [-0.2, 0) is 14.4 Å². The Labute approximate surface area is 185 Å². The number of oxime groups is 2. The van der Waals surface area contributed by atoms with E-state index in [1.165, 1.54) is 7.11 Å². The van der Waals surface area contributed by atoms with Gasteiger partial charge in [0, 0.05) is 37.2 Å². The van der Waals surface area contributed by atoms with Crippen LogP contribution in [0.2, 0.25) is 0 Å². The van der Waals surface area contributed by atoms with E-state index in [9.17, 15) is 5.11 Å². The lowest BCUT2D eigenvalue weighted by atomic mass is 9.88. The minimum absolute atomic E-state index is 0.144. The highest BCUT2D eigenvalue weighted by Crippen LogP contribution is 2.36. The molecule has 0 saturated heterocycles. The number of benzene rings is 1. The third-order valence-corrected chi connectivity index (χ3v) is 5.43. The molecule has 27 heavy (non-hydrogen) atoms. The van der Waals surface area contributed by atoms with Gasteiger partial charge in [-0.05, 0) is 82.8 Å². The van der Waals surface area contributed by atoms with Gasteiger partial charge in [-0.25, -0.2) is 0 Å². The Hall–Kier alpha value is -0.780. The van der Waals surface area contributed by atoms with Gasteiger partial charge < -0.3 is 19.5 Å². The fourth-order valence-corrected chi connectivity index (χ4v) is 2.61. The average Bonchev–Trinajstić information content (AvgIpc) is 2.62. The standard InChI is InChI=1S/C19H28N2O4.I2/c1-10-11(2)13(4)16(22)14(12(10)3)15(20-23-9)17-21-25-19(7,8)18(5,6)24-17;1-2/h22H,1-9H3;. The smallest absolute Gasteiger partial charge is 0.281 e. The van der Waals surface area contributed by atoms with Crippen LogP contribution in [0, 0.1) is 27.7 Å². The van der Waals surface area contributed by atoms with Crippen LogP contribution in [-0.4, -0.2) is 35.0 Å². The van der Waals surface area contributed by atoms with Crippen molar-refractivity contribution < 1.29 is 19.5 Å². The summed E-state index contributed by atoms with van der Waals surface area (Å²) in [6.45, 7) is 15.5. The number of hydrogen-bond donors (Lipinski definition) is 1. The van der Waals surface area contributed by atoms with Crippen molar-refractivity contribution in [2.75, 3.05) is 7.11 Å². The number of ether oxygens (including phenoxy) is 1. The van der Waals surface area contributed by atoms with Crippen LogP contribution < -0.4 is 0 Å². The lowest BCUT2D eigenvalue weighted by molar-refractivity contribution is -0.163. The predicted octanol–water partition coefficient (Wildman–Crippen LogP) is 5.67. The van der Waals surface area contributed by atoms with E-state index in [1.54, 1.807) is 0 Å². The highest BCUT2D eigenvalue weighted by molar-refractivity contribution is 15.0. The van der Waals surface area contributed by atoms with Crippen molar-refractivity contribution >= 4 is 48.8 Å². The van der Waals surface area contributed by atoms with Crippen LogP contribution in [0.1, 0.15) is 55.5 Å². The fraction of sp³-hybridized carbons (Fsp3) is 0.579. The second-order valence-electron chi connectivity index (χ2n) is 7.46. The number of aromatic hydroxyl groups is 1. The normalized spacial score (nSPS) is 17.7. The number of phenolic OH excluding ortho intramolecular Hbond substituents is 1. The second kappa shape index (κ2) is 9.15. The molecule has 0 fully saturated rings. The molecule has 0 unspecified atom stereocenters. The molecule has 152 valence electrons. The molecule has 0 bridgehead atoms. The molecule has 0 aromatic heterocycles. The van der Waals surface area contributed by atoms with Crippen molar-refractivity contribution in [3.63, 3.8) is 0 Å². The number of rotatable bonds is 3. The molecule has 1 aliphatic rings. The van der Waals surface area contributed by atoms with Gasteiger partial charge in [-0.1, -0.05) is 5.16 Å². The SMILES string of the molecule is CON=C(C1=NOC(C)(C)C(C)(C)O1)c1c(C)c(C)c(C)c(C)c1O.II. The molecule has 2 rings (SSSR count). The van der Waals surface area contributed by atoms with E-state index in [0.29, 0.717) is 11.3 Å². The minimum atomic E-state index is -0.642. The zero-order chi connectivity index (χ0) is 21.2. The summed E-state index contributed by atoms with van der Waals surface area (Å²) in [5.74, 6) is 0.331. The summed E-state index contributed by atoms with van der Waals surface area (Å²) < 4.78 is 6.08. The second-order valence-corrected chi connectivity index (χ2v) is 7.46. The molecule has 8 heteroatoms. The Morgan fingerprint density at radius 3 is 1.96 bits per heavy atom. The monoisotopic (exact) mass is 602 g/mol. The Bertz CT molecular complexity index is 742. The van der Waals surface area contributed by atoms with Gasteiger partial charge >= 0.3 is 0 Å². The third kappa shape index (κ3) is 4.63. The molecule has 1 aromatic rings. The zero-order valence-corrected chi connectivity index (χ0v) is 21.6. The molecule has 0 atom stereocenters. The maximum absolute atomic E-state index is 10.8. The first-order valence-electron chi connectivity index (χ1n) is 8.45. The van der Waals surface area contributed by atoms with E-state index < -0.39 is 11.2 Å². The van der Waals surface area contributed by atoms with E-state index in [1.807, 2.05) is 55.4 Å². The van der Waals surface area contributed by atoms with Crippen LogP contribution in [0.15, 0.2) is 10.3 Å². The van der Waals surface area contributed by atoms with Crippen molar-refractivity contribution in [1.29, 1.82) is 0 Å². The first-order chi connectivity index (χ1) is 12.4. The van der Waals surface area contributed by atoms with Gasteiger partial charge in [-0.2, -0.15) is 0 Å². The third-order valence-electron chi connectivity index (χ3n) is 5.43. The minimum Gasteiger partial charge on any atom is -0.507 e. The number of phenols is 1. The topological polar surface area (TPSA) is 72.6 Å². The summed E-state index contributed by atoms with van der Waals surface area (Å²) in [6.07, 6.45) is 0. The van der Waals surface area contributed by atoms with E-state index in [2.05, 4.69) is 47.5 Å². The molecule has 0 aliphatic carbocycles. The van der Waals surface area contributed by atoms with Crippen molar-refractivity contribution in [2.24, 2.45) is 10.3 Å². The van der Waals surface area contributed by atoms with E-state index in [0.717, 1.165) is 22.3 Å². The predicted molar refractivity (Wildman–Crippen MR) is 126 cm³/mol. The number of hydrogen-bond acceptors (Lipinski definition) is 6. The molecular formula is C19H28I2N2O4. The van der Waals surface area contributed by atoms with Gasteiger partial charge in [0.15, 0.2) is 11.3 Å². The lowest BCUT2D eigenvalue weighted by Gasteiger charge is -2.42. The number of halogens is 2. The van der Waals surface area contributed by atoms with Crippen LogP contribution in [0.5, 0.6) is 5.75 Å². The lowest BCUT2D eigenvalue weighted by Crippen LogP contribution is -2.53. The Morgan fingerprint density at radius 2 is 1.48 bits per heavy atom. The molecule has 1 aliphatic heterocycles. The zero-order valence-electron chi connectivity index (χ0n) is 17.3. The summed E-state index contributed by atoms with van der Waals surface area (Å²) in [4.78, 5) is 10.7. The van der Waals surface area contributed by atoms with Crippen molar-refractivity contribution in [3.8, 4) is 5.75 Å². The van der Waals surface area contributed by atoms with Crippen LogP contribution in [0.3, 0.4) is 0 Å². The molecule has 0 amide bonds. The largest absolute Gasteiger partial charge is 0.507 e. The van der Waals surface area contributed by atoms with Crippen molar-refractivity contribution in [3.05, 3.63) is 27.8 Å². The number of nitrogens with zero attached hydrogens (tertiary/aromatic N) is 2. The Morgan fingerprint density at radius 1 is 0.963 bits per heavy atom. The van der Waals surface area contributed by atoms with Gasteiger partial charge in [0.05, 0.1) is 5.56 Å². The summed E-state index contributed by atoms with van der Waals surface area (Å²) in [5.41, 5.74) is 3.41. The quantitative estimate of drug-likeness (QED) is 0.275. The van der Waals surface area contributed by atoms with Gasteiger partial charge in [-0.15, -0.1) is 0 Å². The van der Waals surface area contributed by atoms with Gasteiger partial charge in [0.1, 0.15) is 18.5 Å². The summed E-state index contributed by atoms with van der Waals surface area (Å²) in [6, 6.07) is 0. The highest BCUT2D eigenvalue weighted by Gasteiger charge is 2.47. The molecule has 0 saturated carbocycles. The summed E-state index contributed by atoms with van der Waals surface area (Å²) in [7, 11) is 1.44. The van der Waals surface area contributed by atoms with Crippen LogP contribution >= 0.6 is 37.2 Å². The van der Waals surface area contributed by atoms with Crippen LogP contribution in [0.25, 0.3) is 0 Å². The van der Waals surface area contributed by atoms with Crippen molar-refractivity contribution in [2.45, 2.75) is 66.6 Å². The first kappa shape index (κ1) is 24.3. The molecule has 6 nitrogen and oxygen atoms in total. The molecule has 1 heterocycles. The maximum atomic E-state index is 10.8. The van der Waals surface area contributed by atoms with E-state index in [-0.39, 0.29) is 11.6 Å². The van der Waals surface area contributed by atoms with Crippen molar-refractivity contribution in [1.82, 2.24) is 0 Å². The first-order valence-corrected chi connectivity index (χ1v) is 14.7. The molecule has 1 N–H and O–H groups in total.